The van der Waals surface area contributed by atoms with Gasteiger partial charge in [-0.3, -0.25) is 9.59 Å². The molecule has 1 aliphatic carbocycles. The summed E-state index contributed by atoms with van der Waals surface area (Å²) in [6.07, 6.45) is 4.95. The zero-order valence-corrected chi connectivity index (χ0v) is 15.6. The van der Waals surface area contributed by atoms with Crippen LogP contribution in [0.5, 0.6) is 0 Å². The van der Waals surface area contributed by atoms with E-state index in [0.29, 0.717) is 32.0 Å². The molecule has 2 bridgehead atoms. The van der Waals surface area contributed by atoms with Gasteiger partial charge < -0.3 is 15.0 Å². The Bertz CT molecular complexity index is 828. The van der Waals surface area contributed by atoms with E-state index in [4.69, 9.17) is 4.74 Å². The third-order valence-corrected chi connectivity index (χ3v) is 6.98. The van der Waals surface area contributed by atoms with E-state index in [1.807, 2.05) is 4.90 Å². The number of fused-ring (bicyclic) bond motifs is 1. The van der Waals surface area contributed by atoms with Crippen molar-refractivity contribution in [2.45, 2.75) is 43.8 Å². The molecule has 3 heterocycles. The van der Waals surface area contributed by atoms with Crippen molar-refractivity contribution in [3.63, 3.8) is 0 Å². The van der Waals surface area contributed by atoms with Crippen molar-refractivity contribution in [1.29, 1.82) is 0 Å². The van der Waals surface area contributed by atoms with Crippen LogP contribution in [0.15, 0.2) is 18.2 Å². The van der Waals surface area contributed by atoms with Gasteiger partial charge in [0.05, 0.1) is 18.2 Å². The molecule has 5 rings (SSSR count). The molecule has 1 aromatic carbocycles. The summed E-state index contributed by atoms with van der Waals surface area (Å²) < 4.78 is 32.8. The van der Waals surface area contributed by atoms with Crippen molar-refractivity contribution >= 4 is 11.8 Å². The minimum Gasteiger partial charge on any atom is -0.369 e. The molecule has 1 aromatic rings. The molecule has 0 aromatic heterocycles. The first-order valence-corrected chi connectivity index (χ1v) is 10.1. The number of nitrogens with zero attached hydrogens (tertiary/aromatic N) is 1. The molecule has 7 heteroatoms. The number of benzene rings is 1. The first kappa shape index (κ1) is 18.0. The molecule has 0 unspecified atom stereocenters. The van der Waals surface area contributed by atoms with Gasteiger partial charge in [0.25, 0.3) is 5.91 Å². The molecule has 3 aliphatic heterocycles. The van der Waals surface area contributed by atoms with Gasteiger partial charge in [-0.05, 0) is 49.8 Å². The van der Waals surface area contributed by atoms with Crippen LogP contribution in [0.25, 0.3) is 0 Å². The predicted octanol–water partition coefficient (Wildman–Crippen LogP) is 2.50. The topological polar surface area (TPSA) is 58.6 Å². The summed E-state index contributed by atoms with van der Waals surface area (Å²) in [6, 6.07) is 3.15. The fourth-order valence-corrected chi connectivity index (χ4v) is 5.30. The Morgan fingerprint density at radius 1 is 1.21 bits per heavy atom. The molecular formula is C21H24F2N2O3. The van der Waals surface area contributed by atoms with Gasteiger partial charge >= 0.3 is 0 Å². The van der Waals surface area contributed by atoms with Crippen LogP contribution in [0.4, 0.5) is 8.78 Å². The molecule has 1 saturated carbocycles. The summed E-state index contributed by atoms with van der Waals surface area (Å²) in [6.45, 7) is 1.76. The first-order valence-electron chi connectivity index (χ1n) is 10.1. The third kappa shape index (κ3) is 3.00. The summed E-state index contributed by atoms with van der Waals surface area (Å²) in [7, 11) is 0. The average molecular weight is 390 g/mol. The molecule has 1 spiro atoms. The normalized spacial score (nSPS) is 33.2. The lowest BCUT2D eigenvalue weighted by atomic mass is 9.73. The maximum absolute atomic E-state index is 13.4. The van der Waals surface area contributed by atoms with E-state index in [-0.39, 0.29) is 35.0 Å². The number of carbonyl (C=O) groups excluding carboxylic acids is 2. The van der Waals surface area contributed by atoms with E-state index in [1.165, 1.54) is 6.07 Å². The number of nitrogens with one attached hydrogen (secondary N) is 1. The SMILES string of the molecule is O=C(NC[C@H]1[C@H]2CN(C(=O)CC3CC3)C[C@]23CC[C@H]1O3)c1ccc(F)c(F)c1. The Kier molecular flexibility index (Phi) is 4.19. The Hall–Kier alpha value is -2.02. The molecule has 4 atom stereocenters. The smallest absolute Gasteiger partial charge is 0.251 e. The van der Waals surface area contributed by atoms with E-state index in [1.54, 1.807) is 0 Å². The second-order valence-electron chi connectivity index (χ2n) is 8.79. The Labute approximate surface area is 162 Å². The Balaban J connectivity index is 1.24. The maximum Gasteiger partial charge on any atom is 0.251 e. The van der Waals surface area contributed by atoms with Gasteiger partial charge in [-0.1, -0.05) is 0 Å². The molecule has 4 fully saturated rings. The number of hydrogen-bond acceptors (Lipinski definition) is 3. The van der Waals surface area contributed by atoms with E-state index in [0.717, 1.165) is 37.8 Å². The highest BCUT2D eigenvalue weighted by Gasteiger charge is 2.63. The summed E-state index contributed by atoms with van der Waals surface area (Å²) in [4.78, 5) is 26.9. The van der Waals surface area contributed by atoms with Gasteiger partial charge in [-0.15, -0.1) is 0 Å². The fraction of sp³-hybridized carbons (Fsp3) is 0.619. The van der Waals surface area contributed by atoms with Crippen LogP contribution in [-0.2, 0) is 9.53 Å². The highest BCUT2D eigenvalue weighted by molar-refractivity contribution is 5.94. The molecule has 3 saturated heterocycles. The molecule has 2 amide bonds. The van der Waals surface area contributed by atoms with Crippen LogP contribution in [0.3, 0.4) is 0 Å². The van der Waals surface area contributed by atoms with Crippen LogP contribution in [0.1, 0.15) is 42.5 Å². The summed E-state index contributed by atoms with van der Waals surface area (Å²) in [5, 5.41) is 2.86. The van der Waals surface area contributed by atoms with Gasteiger partial charge in [0.2, 0.25) is 5.91 Å². The number of hydrogen-bond donors (Lipinski definition) is 1. The Morgan fingerprint density at radius 2 is 2.04 bits per heavy atom. The quantitative estimate of drug-likeness (QED) is 0.841. The lowest BCUT2D eigenvalue weighted by molar-refractivity contribution is -0.132. The fourth-order valence-electron chi connectivity index (χ4n) is 5.30. The third-order valence-electron chi connectivity index (χ3n) is 6.98. The molecule has 1 N–H and O–H groups in total. The van der Waals surface area contributed by atoms with Gasteiger partial charge in [-0.25, -0.2) is 8.78 Å². The van der Waals surface area contributed by atoms with Crippen LogP contribution >= 0.6 is 0 Å². The average Bonchev–Trinajstić information content (AvgIpc) is 3.15. The summed E-state index contributed by atoms with van der Waals surface area (Å²) in [5.41, 5.74) is -0.160. The number of ether oxygens (including phenoxy) is 1. The number of halogens is 2. The second-order valence-corrected chi connectivity index (χ2v) is 8.79. The van der Waals surface area contributed by atoms with Crippen LogP contribution in [-0.4, -0.2) is 48.1 Å². The van der Waals surface area contributed by atoms with Gasteiger partial charge in [0, 0.05) is 36.9 Å². The molecular weight excluding hydrogens is 366 g/mol. The van der Waals surface area contributed by atoms with Gasteiger partial charge in [-0.2, -0.15) is 0 Å². The first-order chi connectivity index (χ1) is 13.4. The van der Waals surface area contributed by atoms with E-state index in [2.05, 4.69) is 5.32 Å². The van der Waals surface area contributed by atoms with Crippen LogP contribution < -0.4 is 5.32 Å². The monoisotopic (exact) mass is 390 g/mol. The van der Waals surface area contributed by atoms with E-state index >= 15 is 0 Å². The van der Waals surface area contributed by atoms with Crippen molar-refractivity contribution in [3.8, 4) is 0 Å². The Morgan fingerprint density at radius 3 is 2.79 bits per heavy atom. The summed E-state index contributed by atoms with van der Waals surface area (Å²) >= 11 is 0. The largest absolute Gasteiger partial charge is 0.369 e. The van der Waals surface area contributed by atoms with Crippen molar-refractivity contribution in [3.05, 3.63) is 35.4 Å². The van der Waals surface area contributed by atoms with Crippen LogP contribution in [0.2, 0.25) is 0 Å². The van der Waals surface area contributed by atoms with E-state index < -0.39 is 17.5 Å². The van der Waals surface area contributed by atoms with E-state index in [9.17, 15) is 18.4 Å². The number of likely N-dealkylation sites (tertiary alicyclic amines) is 1. The highest BCUT2D eigenvalue weighted by Crippen LogP contribution is 2.54. The molecule has 28 heavy (non-hydrogen) atoms. The van der Waals surface area contributed by atoms with Gasteiger partial charge in [0.1, 0.15) is 0 Å². The molecule has 150 valence electrons. The molecule has 4 aliphatic rings. The summed E-state index contributed by atoms with van der Waals surface area (Å²) in [5.74, 6) is -1.27. The zero-order valence-electron chi connectivity index (χ0n) is 15.6. The predicted molar refractivity (Wildman–Crippen MR) is 96.4 cm³/mol. The number of amides is 2. The zero-order chi connectivity index (χ0) is 19.5. The molecule has 0 radical (unpaired) electrons. The number of carbonyl (C=O) groups is 2. The second kappa shape index (κ2) is 6.51. The van der Waals surface area contributed by atoms with Crippen molar-refractivity contribution in [2.75, 3.05) is 19.6 Å². The van der Waals surface area contributed by atoms with Gasteiger partial charge in [0.15, 0.2) is 11.6 Å². The van der Waals surface area contributed by atoms with Crippen molar-refractivity contribution in [2.24, 2.45) is 17.8 Å². The lowest BCUT2D eigenvalue weighted by Gasteiger charge is -2.29. The highest BCUT2D eigenvalue weighted by atomic mass is 19.2. The van der Waals surface area contributed by atoms with Crippen molar-refractivity contribution < 1.29 is 23.1 Å². The maximum atomic E-state index is 13.4. The minimum absolute atomic E-state index is 0.0935. The molecule has 5 nitrogen and oxygen atoms in total. The van der Waals surface area contributed by atoms with Crippen LogP contribution in [0, 0.1) is 29.4 Å². The number of rotatable bonds is 5. The van der Waals surface area contributed by atoms with Crippen molar-refractivity contribution in [1.82, 2.24) is 10.2 Å². The lowest BCUT2D eigenvalue weighted by Crippen LogP contribution is -2.41. The minimum atomic E-state index is -1.03. The standard InChI is InChI=1S/C21H24F2N2O3/c22-16-4-3-13(8-17(16)23)20(27)24-9-14-15-10-25(19(26)7-12-1-2-12)11-21(15)6-5-18(14)28-21/h3-4,8,12,14-15,18H,1-2,5-7,9-11H2,(H,24,27)/t14-,15+,18+,21+/m0/s1.